The molecule has 0 fully saturated rings. The van der Waals surface area contributed by atoms with Gasteiger partial charge in [-0.05, 0) is 31.1 Å². The molecule has 0 aliphatic heterocycles. The Kier molecular flexibility index (Phi) is 3.25. The summed E-state index contributed by atoms with van der Waals surface area (Å²) in [7, 11) is 1.54. The molecule has 0 bridgehead atoms. The normalized spacial score (nSPS) is 18.4. The zero-order valence-corrected chi connectivity index (χ0v) is 9.18. The van der Waals surface area contributed by atoms with Crippen molar-refractivity contribution in [3.05, 3.63) is 42.0 Å². The van der Waals surface area contributed by atoms with Gasteiger partial charge in [-0.15, -0.1) is 0 Å². The minimum absolute atomic E-state index is 0.0857. The molecule has 0 saturated carbocycles. The van der Waals surface area contributed by atoms with Crippen molar-refractivity contribution in [2.45, 2.75) is 18.9 Å². The lowest BCUT2D eigenvalue weighted by Gasteiger charge is -2.12. The average molecular weight is 218 g/mol. The van der Waals surface area contributed by atoms with Gasteiger partial charge in [0.15, 0.2) is 0 Å². The number of rotatable bonds is 3. The number of methoxy groups -OCH3 is 1. The van der Waals surface area contributed by atoms with Crippen molar-refractivity contribution < 1.29 is 14.3 Å². The first-order valence-corrected chi connectivity index (χ1v) is 5.32. The van der Waals surface area contributed by atoms with Gasteiger partial charge in [0.1, 0.15) is 17.4 Å². The Morgan fingerprint density at radius 1 is 1.38 bits per heavy atom. The first-order chi connectivity index (χ1) is 7.81. The van der Waals surface area contributed by atoms with Gasteiger partial charge >= 0.3 is 5.97 Å². The predicted molar refractivity (Wildman–Crippen MR) is 60.6 cm³/mol. The fourth-order valence-electron chi connectivity index (χ4n) is 1.72. The third-order valence-electron chi connectivity index (χ3n) is 2.55. The Bertz CT molecular complexity index is 409. The Labute approximate surface area is 94.7 Å². The van der Waals surface area contributed by atoms with Crippen LogP contribution in [0.15, 0.2) is 36.4 Å². The molecule has 16 heavy (non-hydrogen) atoms. The standard InChI is InChI=1S/C13H14O3/c1-15-12-9-5-4-8-11(12)13(14)16-10-6-2-3-7-10/h2,4-6,8-10H,3,7H2,1H3/t10-/m1/s1. The Morgan fingerprint density at radius 2 is 2.19 bits per heavy atom. The summed E-state index contributed by atoms with van der Waals surface area (Å²) in [6.45, 7) is 0. The molecule has 1 aromatic carbocycles. The van der Waals surface area contributed by atoms with Gasteiger partial charge in [-0.1, -0.05) is 18.2 Å². The minimum Gasteiger partial charge on any atom is -0.496 e. The summed E-state index contributed by atoms with van der Waals surface area (Å²) in [5, 5.41) is 0. The molecule has 0 aromatic heterocycles. The highest BCUT2D eigenvalue weighted by molar-refractivity contribution is 5.92. The van der Waals surface area contributed by atoms with Gasteiger partial charge in [0.2, 0.25) is 0 Å². The zero-order chi connectivity index (χ0) is 11.4. The lowest BCUT2D eigenvalue weighted by molar-refractivity contribution is 0.0391. The van der Waals surface area contributed by atoms with Gasteiger partial charge in [0.05, 0.1) is 7.11 Å². The maximum atomic E-state index is 11.8. The molecule has 1 atom stereocenters. The second-order valence-corrected chi connectivity index (χ2v) is 3.65. The molecule has 0 heterocycles. The van der Waals surface area contributed by atoms with E-state index in [0.29, 0.717) is 11.3 Å². The van der Waals surface area contributed by atoms with Gasteiger partial charge in [0, 0.05) is 0 Å². The van der Waals surface area contributed by atoms with E-state index in [-0.39, 0.29) is 12.1 Å². The molecule has 0 unspecified atom stereocenters. The summed E-state index contributed by atoms with van der Waals surface area (Å²) >= 11 is 0. The smallest absolute Gasteiger partial charge is 0.342 e. The topological polar surface area (TPSA) is 35.5 Å². The molecule has 0 radical (unpaired) electrons. The van der Waals surface area contributed by atoms with Crippen LogP contribution >= 0.6 is 0 Å². The molecule has 0 saturated heterocycles. The highest BCUT2D eigenvalue weighted by atomic mass is 16.5. The summed E-state index contributed by atoms with van der Waals surface area (Å²) in [5.41, 5.74) is 0.477. The third kappa shape index (κ3) is 2.24. The second-order valence-electron chi connectivity index (χ2n) is 3.65. The van der Waals surface area contributed by atoms with Crippen LogP contribution in [0.25, 0.3) is 0 Å². The maximum Gasteiger partial charge on any atom is 0.342 e. The number of carbonyl (C=O) groups excluding carboxylic acids is 1. The Morgan fingerprint density at radius 3 is 2.88 bits per heavy atom. The quantitative estimate of drug-likeness (QED) is 0.577. The van der Waals surface area contributed by atoms with Gasteiger partial charge < -0.3 is 9.47 Å². The van der Waals surface area contributed by atoms with Crippen molar-refractivity contribution >= 4 is 5.97 Å². The van der Waals surface area contributed by atoms with Crippen molar-refractivity contribution in [3.8, 4) is 5.75 Å². The van der Waals surface area contributed by atoms with E-state index >= 15 is 0 Å². The molecule has 0 spiro atoms. The summed E-state index contributed by atoms with van der Waals surface area (Å²) in [4.78, 5) is 11.8. The largest absolute Gasteiger partial charge is 0.496 e. The van der Waals surface area contributed by atoms with E-state index in [1.807, 2.05) is 18.2 Å². The van der Waals surface area contributed by atoms with Crippen LogP contribution in [0, 0.1) is 0 Å². The van der Waals surface area contributed by atoms with Crippen LogP contribution < -0.4 is 4.74 Å². The second kappa shape index (κ2) is 4.84. The molecule has 3 heteroatoms. The summed E-state index contributed by atoms with van der Waals surface area (Å²) in [6.07, 6.45) is 5.72. The number of hydrogen-bond donors (Lipinski definition) is 0. The number of carbonyl (C=O) groups is 1. The Balaban J connectivity index is 2.10. The summed E-state index contributed by atoms with van der Waals surface area (Å²) in [6, 6.07) is 7.08. The average Bonchev–Trinajstić information content (AvgIpc) is 2.81. The fourth-order valence-corrected chi connectivity index (χ4v) is 1.72. The molecule has 1 aliphatic carbocycles. The number of benzene rings is 1. The van der Waals surface area contributed by atoms with Gasteiger partial charge in [-0.2, -0.15) is 0 Å². The van der Waals surface area contributed by atoms with E-state index in [1.54, 1.807) is 25.3 Å². The number of hydrogen-bond acceptors (Lipinski definition) is 3. The molecular weight excluding hydrogens is 204 g/mol. The molecule has 2 rings (SSSR count). The van der Waals surface area contributed by atoms with Crippen LogP contribution in [0.2, 0.25) is 0 Å². The number of ether oxygens (including phenoxy) is 2. The van der Waals surface area contributed by atoms with Crippen LogP contribution in [0.1, 0.15) is 23.2 Å². The third-order valence-corrected chi connectivity index (χ3v) is 2.55. The maximum absolute atomic E-state index is 11.8. The van der Waals surface area contributed by atoms with Gasteiger partial charge in [-0.25, -0.2) is 4.79 Å². The number of para-hydroxylation sites is 1. The van der Waals surface area contributed by atoms with Crippen molar-refractivity contribution in [1.29, 1.82) is 0 Å². The highest BCUT2D eigenvalue weighted by Crippen LogP contribution is 2.21. The van der Waals surface area contributed by atoms with Crippen molar-refractivity contribution in [2.75, 3.05) is 7.11 Å². The predicted octanol–water partition coefficient (Wildman–Crippen LogP) is 2.57. The SMILES string of the molecule is COc1ccccc1C(=O)O[C@@H]1C=CCC1. The van der Waals surface area contributed by atoms with Crippen LogP contribution in [-0.2, 0) is 4.74 Å². The molecule has 0 amide bonds. The minimum atomic E-state index is -0.325. The lowest BCUT2D eigenvalue weighted by Crippen LogP contribution is -2.14. The molecule has 84 valence electrons. The number of esters is 1. The van der Waals surface area contributed by atoms with Crippen molar-refractivity contribution in [2.24, 2.45) is 0 Å². The van der Waals surface area contributed by atoms with Crippen LogP contribution in [-0.4, -0.2) is 19.2 Å². The van der Waals surface area contributed by atoms with E-state index in [9.17, 15) is 4.79 Å². The zero-order valence-electron chi connectivity index (χ0n) is 9.18. The van der Waals surface area contributed by atoms with Gasteiger partial charge in [0.25, 0.3) is 0 Å². The molecule has 0 N–H and O–H groups in total. The van der Waals surface area contributed by atoms with Crippen molar-refractivity contribution in [1.82, 2.24) is 0 Å². The molecule has 1 aliphatic rings. The first-order valence-electron chi connectivity index (χ1n) is 5.32. The van der Waals surface area contributed by atoms with Crippen LogP contribution in [0.3, 0.4) is 0 Å². The van der Waals surface area contributed by atoms with E-state index in [1.165, 1.54) is 0 Å². The summed E-state index contributed by atoms with van der Waals surface area (Å²) in [5.74, 6) is 0.225. The lowest BCUT2D eigenvalue weighted by atomic mass is 10.2. The van der Waals surface area contributed by atoms with Gasteiger partial charge in [-0.3, -0.25) is 0 Å². The molecule has 3 nitrogen and oxygen atoms in total. The van der Waals surface area contributed by atoms with E-state index in [0.717, 1.165) is 12.8 Å². The van der Waals surface area contributed by atoms with E-state index < -0.39 is 0 Å². The number of allylic oxidation sites excluding steroid dienone is 1. The molecule has 1 aromatic rings. The fraction of sp³-hybridized carbons (Fsp3) is 0.308. The molecular formula is C13H14O3. The Hall–Kier alpha value is -1.77. The first kappa shape index (κ1) is 10.7. The van der Waals surface area contributed by atoms with E-state index in [4.69, 9.17) is 9.47 Å². The highest BCUT2D eigenvalue weighted by Gasteiger charge is 2.18. The van der Waals surface area contributed by atoms with Crippen molar-refractivity contribution in [3.63, 3.8) is 0 Å². The van der Waals surface area contributed by atoms with E-state index in [2.05, 4.69) is 0 Å². The summed E-state index contributed by atoms with van der Waals surface area (Å²) < 4.78 is 10.4. The monoisotopic (exact) mass is 218 g/mol. The van der Waals surface area contributed by atoms with Crippen LogP contribution in [0.4, 0.5) is 0 Å². The van der Waals surface area contributed by atoms with Crippen LogP contribution in [0.5, 0.6) is 5.75 Å².